The van der Waals surface area contributed by atoms with Crippen molar-refractivity contribution in [3.63, 3.8) is 0 Å². The number of piperidine rings is 1. The first-order valence-electron chi connectivity index (χ1n) is 13.3. The number of nitrogens with zero attached hydrogens (tertiary/aromatic N) is 4. The summed E-state index contributed by atoms with van der Waals surface area (Å²) in [6.07, 6.45) is 2.36. The van der Waals surface area contributed by atoms with Crippen LogP contribution in [0.4, 0.5) is 9.59 Å². The Hall–Kier alpha value is -2.85. The molecule has 2 bridgehead atoms. The Morgan fingerprint density at radius 2 is 1.73 bits per heavy atom. The molecule has 2 aliphatic rings. The monoisotopic (exact) mass is 515 g/mol. The van der Waals surface area contributed by atoms with Crippen molar-refractivity contribution in [1.82, 2.24) is 24.3 Å². The smallest absolute Gasteiger partial charge is 0.410 e. The first-order valence-corrected chi connectivity index (χ1v) is 13.3. The zero-order valence-electron chi connectivity index (χ0n) is 22.8. The van der Waals surface area contributed by atoms with Gasteiger partial charge in [0.15, 0.2) is 0 Å². The highest BCUT2D eigenvalue weighted by Gasteiger charge is 2.42. The molecule has 1 aromatic carbocycles. The van der Waals surface area contributed by atoms with Crippen LogP contribution in [-0.4, -0.2) is 86.1 Å². The molecule has 2 aromatic rings. The summed E-state index contributed by atoms with van der Waals surface area (Å²) in [6, 6.07) is 7.34. The number of benzene rings is 1. The van der Waals surface area contributed by atoms with Crippen molar-refractivity contribution in [2.75, 3.05) is 20.1 Å². The fourth-order valence-corrected chi connectivity index (χ4v) is 5.83. The fraction of sp³-hybridized carbons (Fsp3) is 0.667. The van der Waals surface area contributed by atoms with Crippen LogP contribution in [0.3, 0.4) is 0 Å². The van der Waals surface area contributed by atoms with Crippen LogP contribution in [0.25, 0.3) is 11.0 Å². The number of fused-ring (bicyclic) bond motifs is 3. The van der Waals surface area contributed by atoms with Crippen molar-refractivity contribution in [3.05, 3.63) is 34.7 Å². The average molecular weight is 516 g/mol. The molecule has 2 N–H and O–H groups in total. The van der Waals surface area contributed by atoms with Gasteiger partial charge in [0.2, 0.25) is 0 Å². The molecule has 4 atom stereocenters. The summed E-state index contributed by atoms with van der Waals surface area (Å²) in [7, 11) is 1.63. The predicted octanol–water partition coefficient (Wildman–Crippen LogP) is 3.16. The van der Waals surface area contributed by atoms with Crippen molar-refractivity contribution in [1.29, 1.82) is 0 Å². The molecular weight excluding hydrogens is 474 g/mol. The number of hydrogen-bond donors (Lipinski definition) is 2. The number of rotatable bonds is 6. The van der Waals surface area contributed by atoms with Gasteiger partial charge in [-0.25, -0.2) is 19.0 Å². The predicted molar refractivity (Wildman–Crippen MR) is 142 cm³/mol. The normalized spacial score (nSPS) is 22.9. The van der Waals surface area contributed by atoms with Gasteiger partial charge in [-0.15, -0.1) is 0 Å². The van der Waals surface area contributed by atoms with Crippen molar-refractivity contribution in [2.24, 2.45) is 0 Å². The Balaban J connectivity index is 1.38. The van der Waals surface area contributed by atoms with Gasteiger partial charge < -0.3 is 20.1 Å². The Bertz CT molecular complexity index is 1180. The van der Waals surface area contributed by atoms with E-state index in [4.69, 9.17) is 4.74 Å². The summed E-state index contributed by atoms with van der Waals surface area (Å²) in [6.45, 7) is 9.96. The Morgan fingerprint density at radius 1 is 1.14 bits per heavy atom. The van der Waals surface area contributed by atoms with Crippen LogP contribution in [0.1, 0.15) is 66.3 Å². The van der Waals surface area contributed by atoms with Crippen molar-refractivity contribution in [2.45, 2.75) is 96.2 Å². The van der Waals surface area contributed by atoms with Gasteiger partial charge in [-0.2, -0.15) is 0 Å². The molecule has 204 valence electrons. The second-order valence-electron chi connectivity index (χ2n) is 11.8. The van der Waals surface area contributed by atoms with Crippen LogP contribution in [0.2, 0.25) is 0 Å². The number of para-hydroxylation sites is 2. The number of amides is 2. The van der Waals surface area contributed by atoms with Crippen LogP contribution in [0, 0.1) is 0 Å². The number of aliphatic hydroxyl groups excluding tert-OH is 1. The van der Waals surface area contributed by atoms with Crippen LogP contribution in [0.15, 0.2) is 29.1 Å². The molecule has 10 nitrogen and oxygen atoms in total. The number of carbonyl (C=O) groups excluding carboxylic acids is 2. The Labute approximate surface area is 218 Å². The van der Waals surface area contributed by atoms with E-state index in [1.807, 2.05) is 52.8 Å². The topological polar surface area (TPSA) is 109 Å². The molecule has 0 saturated carbocycles. The lowest BCUT2D eigenvalue weighted by molar-refractivity contribution is 0.00932. The molecular formula is C27H41N5O5. The molecule has 2 amide bonds. The van der Waals surface area contributed by atoms with Gasteiger partial charge in [-0.05, 0) is 72.4 Å². The second-order valence-corrected chi connectivity index (χ2v) is 11.8. The highest BCUT2D eigenvalue weighted by Crippen LogP contribution is 2.36. The maximum Gasteiger partial charge on any atom is 0.410 e. The average Bonchev–Trinajstić information content (AvgIpc) is 3.20. The molecule has 0 spiro atoms. The van der Waals surface area contributed by atoms with Crippen LogP contribution in [-0.2, 0) is 4.74 Å². The van der Waals surface area contributed by atoms with E-state index in [1.54, 1.807) is 17.7 Å². The van der Waals surface area contributed by atoms with Crippen molar-refractivity contribution >= 4 is 23.2 Å². The van der Waals surface area contributed by atoms with Gasteiger partial charge in [-0.1, -0.05) is 12.1 Å². The number of likely N-dealkylation sites (N-methyl/N-ethyl adjacent to an activating group) is 1. The maximum atomic E-state index is 13.3. The quantitative estimate of drug-likeness (QED) is 0.612. The first-order chi connectivity index (χ1) is 17.4. The van der Waals surface area contributed by atoms with E-state index in [0.717, 1.165) is 31.2 Å². The van der Waals surface area contributed by atoms with E-state index >= 15 is 0 Å². The number of hydrogen-bond acceptors (Lipinski definition) is 6. The lowest BCUT2D eigenvalue weighted by atomic mass is 9.97. The number of carbonyl (C=O) groups is 2. The van der Waals surface area contributed by atoms with Crippen LogP contribution < -0.4 is 11.0 Å². The van der Waals surface area contributed by atoms with Gasteiger partial charge >= 0.3 is 17.8 Å². The molecule has 2 saturated heterocycles. The van der Waals surface area contributed by atoms with E-state index in [1.165, 1.54) is 9.47 Å². The summed E-state index contributed by atoms with van der Waals surface area (Å²) in [4.78, 5) is 42.4. The van der Waals surface area contributed by atoms with Gasteiger partial charge in [0.1, 0.15) is 5.60 Å². The number of ether oxygens (including phenoxy) is 1. The summed E-state index contributed by atoms with van der Waals surface area (Å²) in [5.41, 5.74) is 0.442. The molecule has 2 aliphatic heterocycles. The van der Waals surface area contributed by atoms with Gasteiger partial charge in [0.05, 0.1) is 23.7 Å². The van der Waals surface area contributed by atoms with E-state index < -0.39 is 23.8 Å². The second kappa shape index (κ2) is 10.5. The number of nitrogens with one attached hydrogen (secondary N) is 1. The van der Waals surface area contributed by atoms with Crippen molar-refractivity contribution < 1.29 is 19.4 Å². The zero-order chi connectivity index (χ0) is 27.1. The lowest BCUT2D eigenvalue weighted by Gasteiger charge is -2.40. The minimum Gasteiger partial charge on any atom is -0.444 e. The third-order valence-corrected chi connectivity index (χ3v) is 7.32. The third kappa shape index (κ3) is 5.85. The minimum absolute atomic E-state index is 0.0455. The lowest BCUT2D eigenvalue weighted by Crippen LogP contribution is -2.54. The Kier molecular flexibility index (Phi) is 7.71. The molecule has 4 rings (SSSR count). The molecule has 0 radical (unpaired) electrons. The van der Waals surface area contributed by atoms with E-state index in [2.05, 4.69) is 10.2 Å². The largest absolute Gasteiger partial charge is 0.444 e. The Morgan fingerprint density at radius 3 is 2.30 bits per heavy atom. The highest BCUT2D eigenvalue weighted by molar-refractivity contribution is 5.89. The summed E-state index contributed by atoms with van der Waals surface area (Å²) >= 11 is 0. The molecule has 2 fully saturated rings. The highest BCUT2D eigenvalue weighted by atomic mass is 16.6. The summed E-state index contributed by atoms with van der Waals surface area (Å²) < 4.78 is 8.28. The molecule has 0 unspecified atom stereocenters. The standard InChI is InChI=1S/C27H41N5O5/c1-17(2)31-22-9-7-8-10-23(22)32(25(31)35)24(34)28-18-13-19-11-12-20(14-18)30(19)16-21(33)15-29(6)26(36)37-27(3,4)5/h7-10,17-21,33H,11-16H2,1-6H3,(H,28,34)/t18-,19-,20+,21-/m1/s1. The minimum atomic E-state index is -0.701. The van der Waals surface area contributed by atoms with Crippen LogP contribution in [0.5, 0.6) is 0 Å². The van der Waals surface area contributed by atoms with Crippen LogP contribution >= 0.6 is 0 Å². The van der Waals surface area contributed by atoms with E-state index in [-0.39, 0.29) is 36.4 Å². The zero-order valence-corrected chi connectivity index (χ0v) is 22.8. The third-order valence-electron chi connectivity index (χ3n) is 7.32. The number of imidazole rings is 1. The SMILES string of the molecule is CC(C)n1c(=O)n(C(=O)N[C@@H]2C[C@H]3CC[C@@H](C2)N3C[C@H](O)CN(C)C(=O)OC(C)(C)C)c2ccccc21. The van der Waals surface area contributed by atoms with Gasteiger partial charge in [0, 0.05) is 37.8 Å². The number of aromatic nitrogens is 2. The molecule has 10 heteroatoms. The van der Waals surface area contributed by atoms with E-state index in [0.29, 0.717) is 12.1 Å². The first kappa shape index (κ1) is 27.2. The van der Waals surface area contributed by atoms with Crippen molar-refractivity contribution in [3.8, 4) is 0 Å². The van der Waals surface area contributed by atoms with Gasteiger partial charge in [0.25, 0.3) is 0 Å². The summed E-state index contributed by atoms with van der Waals surface area (Å²) in [5.74, 6) is 0. The fourth-order valence-electron chi connectivity index (χ4n) is 5.83. The molecule has 1 aromatic heterocycles. The number of aliphatic hydroxyl groups is 1. The summed E-state index contributed by atoms with van der Waals surface area (Å²) in [5, 5.41) is 13.8. The molecule has 3 heterocycles. The van der Waals surface area contributed by atoms with Gasteiger partial charge in [-0.3, -0.25) is 9.47 Å². The van der Waals surface area contributed by atoms with E-state index in [9.17, 15) is 19.5 Å². The maximum absolute atomic E-state index is 13.3. The molecule has 0 aliphatic carbocycles. The molecule has 37 heavy (non-hydrogen) atoms.